The molecule has 1 amide bonds. The van der Waals surface area contributed by atoms with Gasteiger partial charge in [0.25, 0.3) is 0 Å². The van der Waals surface area contributed by atoms with Crippen molar-refractivity contribution in [1.29, 1.82) is 0 Å². The Morgan fingerprint density at radius 1 is 1.09 bits per heavy atom. The minimum absolute atomic E-state index is 0.0404. The number of fused-ring (bicyclic) bond motifs is 2. The Kier molecular flexibility index (Phi) is 5.71. The second-order valence-corrected chi connectivity index (χ2v) is 8.15. The van der Waals surface area contributed by atoms with Gasteiger partial charge in [-0.3, -0.25) is 10.1 Å². The molecule has 1 N–H and O–H groups in total. The molecule has 0 saturated carbocycles. The van der Waals surface area contributed by atoms with Crippen molar-refractivity contribution in [2.45, 2.75) is 33.4 Å². The van der Waals surface area contributed by atoms with Crippen molar-refractivity contribution < 1.29 is 9.53 Å². The molecule has 0 bridgehead atoms. The second-order valence-electron chi connectivity index (χ2n) is 8.15. The van der Waals surface area contributed by atoms with E-state index in [2.05, 4.69) is 27.3 Å². The normalized spacial score (nSPS) is 11.3. The zero-order valence-corrected chi connectivity index (χ0v) is 19.4. The summed E-state index contributed by atoms with van der Waals surface area (Å²) in [6.07, 6.45) is 2.68. The number of ether oxygens (including phenoxy) is 1. The van der Waals surface area contributed by atoms with E-state index in [1.54, 1.807) is 18.0 Å². The summed E-state index contributed by atoms with van der Waals surface area (Å²) in [5, 5.41) is 8.54. The first-order valence-corrected chi connectivity index (χ1v) is 11.3. The van der Waals surface area contributed by atoms with Crippen molar-refractivity contribution >= 4 is 33.9 Å². The molecule has 0 saturated heterocycles. The van der Waals surface area contributed by atoms with Gasteiger partial charge in [-0.2, -0.15) is 5.10 Å². The third-order valence-corrected chi connectivity index (χ3v) is 5.86. The van der Waals surface area contributed by atoms with Crippen LogP contribution in [-0.4, -0.2) is 37.3 Å². The first kappa shape index (κ1) is 21.6. The summed E-state index contributed by atoms with van der Waals surface area (Å²) in [7, 11) is 1.65. The highest BCUT2D eigenvalue weighted by molar-refractivity contribution is 5.96. The van der Waals surface area contributed by atoms with Gasteiger partial charge in [0.15, 0.2) is 5.65 Å². The van der Waals surface area contributed by atoms with Crippen molar-refractivity contribution in [2.75, 3.05) is 12.4 Å². The molecule has 0 aliphatic heterocycles. The number of amides is 1. The number of methoxy groups -OCH3 is 1. The monoisotopic (exact) mass is 454 g/mol. The maximum Gasteiger partial charge on any atom is 0.248 e. The van der Waals surface area contributed by atoms with Gasteiger partial charge in [0.05, 0.1) is 23.8 Å². The van der Waals surface area contributed by atoms with Crippen LogP contribution in [0.15, 0.2) is 60.8 Å². The van der Waals surface area contributed by atoms with Gasteiger partial charge in [-0.25, -0.2) is 14.6 Å². The molecule has 8 heteroatoms. The van der Waals surface area contributed by atoms with Crippen molar-refractivity contribution in [3.63, 3.8) is 0 Å². The zero-order valence-electron chi connectivity index (χ0n) is 19.4. The summed E-state index contributed by atoms with van der Waals surface area (Å²) in [6.45, 7) is 4.85. The number of hydrogen-bond donors (Lipinski definition) is 1. The van der Waals surface area contributed by atoms with Crippen LogP contribution in [0.1, 0.15) is 19.0 Å². The molecule has 0 aliphatic rings. The summed E-state index contributed by atoms with van der Waals surface area (Å²) in [5.41, 5.74) is 5.40. The van der Waals surface area contributed by atoms with Gasteiger partial charge in [-0.1, -0.05) is 31.2 Å². The fourth-order valence-corrected chi connectivity index (χ4v) is 4.32. The van der Waals surface area contributed by atoms with Crippen LogP contribution in [-0.2, 0) is 17.9 Å². The number of hydrogen-bond acceptors (Lipinski definition) is 5. The van der Waals surface area contributed by atoms with Gasteiger partial charge in [0.1, 0.15) is 12.3 Å². The molecule has 5 rings (SSSR count). The van der Waals surface area contributed by atoms with E-state index in [9.17, 15) is 4.79 Å². The molecule has 8 nitrogen and oxygen atoms in total. The highest BCUT2D eigenvalue weighted by atomic mass is 16.5. The quantitative estimate of drug-likeness (QED) is 0.381. The number of aromatic nitrogens is 5. The third kappa shape index (κ3) is 3.87. The van der Waals surface area contributed by atoms with Gasteiger partial charge in [-0.15, -0.1) is 0 Å². The molecule has 2 aromatic carbocycles. The van der Waals surface area contributed by atoms with Gasteiger partial charge in [0, 0.05) is 18.1 Å². The largest absolute Gasteiger partial charge is 0.497 e. The topological polar surface area (TPSA) is 86.9 Å². The fourth-order valence-electron chi connectivity index (χ4n) is 4.32. The van der Waals surface area contributed by atoms with E-state index in [1.807, 2.05) is 66.1 Å². The predicted octanol–water partition coefficient (Wildman–Crippen LogP) is 4.81. The maximum atomic E-state index is 13.0. The zero-order chi connectivity index (χ0) is 23.7. The highest BCUT2D eigenvalue weighted by Crippen LogP contribution is 2.31. The van der Waals surface area contributed by atoms with Gasteiger partial charge < -0.3 is 9.30 Å². The first-order valence-electron chi connectivity index (χ1n) is 11.3. The van der Waals surface area contributed by atoms with Crippen molar-refractivity contribution in [1.82, 2.24) is 24.3 Å². The van der Waals surface area contributed by atoms with E-state index in [0.29, 0.717) is 11.6 Å². The molecule has 5 aromatic rings. The number of rotatable bonds is 7. The average Bonchev–Trinajstić information content (AvgIpc) is 3.36. The predicted molar refractivity (Wildman–Crippen MR) is 133 cm³/mol. The van der Waals surface area contributed by atoms with Crippen LogP contribution in [0.25, 0.3) is 33.2 Å². The van der Waals surface area contributed by atoms with Crippen molar-refractivity contribution in [2.24, 2.45) is 0 Å². The summed E-state index contributed by atoms with van der Waals surface area (Å²) < 4.78 is 8.97. The average molecular weight is 455 g/mol. The van der Waals surface area contributed by atoms with Crippen LogP contribution < -0.4 is 10.1 Å². The Labute approximate surface area is 197 Å². The standard InChI is InChI=1S/C26H26N6O2/c1-4-15-31-22-8-6-5-7-21(22)28-26(31)29-23(33)16-32-25-24(17(2)30-32)20(13-14-27-25)18-9-11-19(34-3)12-10-18/h5-14H,4,15-16H2,1-3H3,(H,28,29,33). The Balaban J connectivity index is 1.45. The summed E-state index contributed by atoms with van der Waals surface area (Å²) in [4.78, 5) is 22.2. The number of aryl methyl sites for hydroxylation is 2. The smallest absolute Gasteiger partial charge is 0.248 e. The molecule has 3 aromatic heterocycles. The number of pyridine rings is 1. The Morgan fingerprint density at radius 3 is 2.65 bits per heavy atom. The lowest BCUT2D eigenvalue weighted by atomic mass is 10.0. The van der Waals surface area contributed by atoms with Crippen LogP contribution in [0.2, 0.25) is 0 Å². The molecular weight excluding hydrogens is 428 g/mol. The fraction of sp³-hybridized carbons (Fsp3) is 0.231. The van der Waals surface area contributed by atoms with Gasteiger partial charge >= 0.3 is 0 Å². The van der Waals surface area contributed by atoms with Crippen LogP contribution in [0.5, 0.6) is 5.75 Å². The first-order chi connectivity index (χ1) is 16.6. The van der Waals surface area contributed by atoms with E-state index in [4.69, 9.17) is 4.74 Å². The lowest BCUT2D eigenvalue weighted by molar-refractivity contribution is -0.116. The Morgan fingerprint density at radius 2 is 1.88 bits per heavy atom. The third-order valence-electron chi connectivity index (χ3n) is 5.86. The van der Waals surface area contributed by atoms with E-state index < -0.39 is 0 Å². The number of para-hydroxylation sites is 2. The van der Waals surface area contributed by atoms with Crippen LogP contribution >= 0.6 is 0 Å². The lowest BCUT2D eigenvalue weighted by Gasteiger charge is -2.09. The summed E-state index contributed by atoms with van der Waals surface area (Å²) in [5.74, 6) is 1.15. The lowest BCUT2D eigenvalue weighted by Crippen LogP contribution is -2.22. The number of nitrogens with one attached hydrogen (secondary N) is 1. The van der Waals surface area contributed by atoms with Crippen LogP contribution in [0.4, 0.5) is 5.95 Å². The molecule has 0 fully saturated rings. The molecule has 172 valence electrons. The molecule has 34 heavy (non-hydrogen) atoms. The number of carbonyl (C=O) groups is 1. The molecular formula is C26H26N6O2. The van der Waals surface area contributed by atoms with Gasteiger partial charge in [0.2, 0.25) is 11.9 Å². The van der Waals surface area contributed by atoms with Gasteiger partial charge in [-0.05, 0) is 54.8 Å². The summed E-state index contributed by atoms with van der Waals surface area (Å²) >= 11 is 0. The SMILES string of the molecule is CCCn1c(NC(=O)Cn2nc(C)c3c(-c4ccc(OC)cc4)ccnc32)nc2ccccc21. The number of anilines is 1. The molecule has 3 heterocycles. The van der Waals surface area contributed by atoms with Crippen LogP contribution in [0.3, 0.4) is 0 Å². The number of benzene rings is 2. The number of nitrogens with zero attached hydrogens (tertiary/aromatic N) is 5. The molecule has 0 radical (unpaired) electrons. The van der Waals surface area contributed by atoms with E-state index in [0.717, 1.165) is 52.0 Å². The molecule has 0 aliphatic carbocycles. The van der Waals surface area contributed by atoms with E-state index in [-0.39, 0.29) is 12.5 Å². The molecule has 0 atom stereocenters. The molecule has 0 unspecified atom stereocenters. The number of carbonyl (C=O) groups excluding carboxylic acids is 1. The van der Waals surface area contributed by atoms with E-state index >= 15 is 0 Å². The Hall–Kier alpha value is -4.20. The Bertz CT molecular complexity index is 1480. The molecule has 0 spiro atoms. The van der Waals surface area contributed by atoms with Crippen LogP contribution in [0, 0.1) is 6.92 Å². The minimum atomic E-state index is -0.200. The summed E-state index contributed by atoms with van der Waals surface area (Å²) in [6, 6.07) is 17.7. The minimum Gasteiger partial charge on any atom is -0.497 e. The maximum absolute atomic E-state index is 13.0. The van der Waals surface area contributed by atoms with E-state index in [1.165, 1.54) is 0 Å². The van der Waals surface area contributed by atoms with Crippen molar-refractivity contribution in [3.05, 3.63) is 66.5 Å². The van der Waals surface area contributed by atoms with Crippen molar-refractivity contribution in [3.8, 4) is 16.9 Å². The highest BCUT2D eigenvalue weighted by Gasteiger charge is 2.18. The number of imidazole rings is 1. The second kappa shape index (κ2) is 8.97.